The molecule has 2 fully saturated rings. The number of alkyl halides is 1. The highest BCUT2D eigenvalue weighted by atomic mass is 19.1. The van der Waals surface area contributed by atoms with E-state index in [0.717, 1.165) is 24.1 Å². The van der Waals surface area contributed by atoms with Gasteiger partial charge in [0.2, 0.25) is 0 Å². The number of aromatic hydroxyl groups is 1. The zero-order chi connectivity index (χ0) is 15.3. The molecule has 1 saturated heterocycles. The maximum absolute atomic E-state index is 14.7. The van der Waals surface area contributed by atoms with Gasteiger partial charge in [-0.1, -0.05) is 6.07 Å². The van der Waals surface area contributed by atoms with Gasteiger partial charge in [0, 0.05) is 11.6 Å². The maximum Gasteiger partial charge on any atom is 0.165 e. The van der Waals surface area contributed by atoms with Crippen molar-refractivity contribution >= 4 is 0 Å². The van der Waals surface area contributed by atoms with Crippen LogP contribution in [0.3, 0.4) is 0 Å². The number of benzene rings is 1. The minimum absolute atomic E-state index is 0.0113. The van der Waals surface area contributed by atoms with Crippen LogP contribution in [0.4, 0.5) is 4.39 Å². The Morgan fingerprint density at radius 3 is 3.00 bits per heavy atom. The maximum atomic E-state index is 14.7. The van der Waals surface area contributed by atoms with Crippen molar-refractivity contribution in [2.24, 2.45) is 0 Å². The fourth-order valence-corrected chi connectivity index (χ4v) is 5.69. The lowest BCUT2D eigenvalue weighted by Gasteiger charge is -2.62. The summed E-state index contributed by atoms with van der Waals surface area (Å²) in [5.41, 5.74) is 0.292. The first kappa shape index (κ1) is 13.1. The highest BCUT2D eigenvalue weighted by Crippen LogP contribution is 2.65. The van der Waals surface area contributed by atoms with Gasteiger partial charge >= 0.3 is 0 Å². The summed E-state index contributed by atoms with van der Waals surface area (Å²) in [5.74, 6) is 0.475. The highest BCUT2D eigenvalue weighted by Gasteiger charge is 2.72. The van der Waals surface area contributed by atoms with Crippen molar-refractivity contribution in [2.75, 3.05) is 13.6 Å². The van der Waals surface area contributed by atoms with Crippen LogP contribution in [-0.4, -0.2) is 52.6 Å². The summed E-state index contributed by atoms with van der Waals surface area (Å²) in [4.78, 5) is 2.20. The average molecular weight is 305 g/mol. The van der Waals surface area contributed by atoms with Crippen LogP contribution < -0.4 is 4.74 Å². The molecule has 5 rings (SSSR count). The molecule has 0 unspecified atom stereocenters. The van der Waals surface area contributed by atoms with Crippen LogP contribution in [-0.2, 0) is 11.8 Å². The van der Waals surface area contributed by atoms with E-state index >= 15 is 0 Å². The van der Waals surface area contributed by atoms with Crippen molar-refractivity contribution in [3.63, 3.8) is 0 Å². The van der Waals surface area contributed by atoms with E-state index in [-0.39, 0.29) is 11.8 Å². The summed E-state index contributed by atoms with van der Waals surface area (Å²) < 4.78 is 20.6. The molecule has 2 aliphatic carbocycles. The van der Waals surface area contributed by atoms with Crippen LogP contribution in [0.5, 0.6) is 11.5 Å². The number of rotatable bonds is 0. The van der Waals surface area contributed by atoms with E-state index in [4.69, 9.17) is 4.74 Å². The van der Waals surface area contributed by atoms with Gasteiger partial charge in [-0.05, 0) is 50.9 Å². The molecule has 5 heteroatoms. The second-order valence-corrected chi connectivity index (χ2v) is 7.39. The summed E-state index contributed by atoms with van der Waals surface area (Å²) >= 11 is 0. The van der Waals surface area contributed by atoms with Crippen LogP contribution in [0.15, 0.2) is 12.1 Å². The highest BCUT2D eigenvalue weighted by molar-refractivity contribution is 5.62. The Bertz CT molecular complexity index is 680. The molecule has 1 aromatic rings. The number of nitrogens with zero attached hydrogens (tertiary/aromatic N) is 1. The molecule has 1 aromatic carbocycles. The minimum atomic E-state index is -1.10. The van der Waals surface area contributed by atoms with Gasteiger partial charge in [0.1, 0.15) is 12.3 Å². The van der Waals surface area contributed by atoms with Crippen LogP contribution >= 0.6 is 0 Å². The van der Waals surface area contributed by atoms with E-state index in [1.807, 2.05) is 13.1 Å². The number of phenols is 1. The van der Waals surface area contributed by atoms with Gasteiger partial charge in [-0.25, -0.2) is 4.39 Å². The zero-order valence-electron chi connectivity index (χ0n) is 12.6. The van der Waals surface area contributed by atoms with E-state index in [1.165, 1.54) is 0 Å². The molecule has 0 radical (unpaired) electrons. The number of hydrogen-bond acceptors (Lipinski definition) is 4. The van der Waals surface area contributed by atoms with Crippen LogP contribution in [0.2, 0.25) is 0 Å². The Hall–Kier alpha value is -1.33. The normalized spacial score (nSPS) is 45.3. The summed E-state index contributed by atoms with van der Waals surface area (Å²) in [5, 5.41) is 21.8. The number of piperidine rings is 1. The molecule has 22 heavy (non-hydrogen) atoms. The molecule has 1 spiro atoms. The number of likely N-dealkylation sites (N-methyl/N-ethyl adjacent to an activating group) is 1. The molecule has 2 N–H and O–H groups in total. The molecule has 4 aliphatic rings. The third kappa shape index (κ3) is 1.17. The molecule has 0 aromatic heterocycles. The zero-order valence-corrected chi connectivity index (χ0v) is 12.6. The van der Waals surface area contributed by atoms with Gasteiger partial charge in [0.25, 0.3) is 0 Å². The summed E-state index contributed by atoms with van der Waals surface area (Å²) in [7, 11) is 2.04. The summed E-state index contributed by atoms with van der Waals surface area (Å²) in [6, 6.07) is 3.54. The first-order valence-electron chi connectivity index (χ1n) is 8.08. The summed E-state index contributed by atoms with van der Waals surface area (Å²) in [6.07, 6.45) is 0.400. The molecule has 4 nitrogen and oxygen atoms in total. The SMILES string of the molecule is CN1CC[C@]23c4c5ccc(O)c4O[C@H]2[C@H](F)CC[C@@]3(O)[C@H]1C5. The monoisotopic (exact) mass is 305 g/mol. The molecule has 2 heterocycles. The van der Waals surface area contributed by atoms with Gasteiger partial charge in [-0.15, -0.1) is 0 Å². The Balaban J connectivity index is 1.86. The number of likely N-dealkylation sites (tertiary alicyclic amines) is 1. The number of hydrogen-bond donors (Lipinski definition) is 2. The fraction of sp³-hybridized carbons (Fsp3) is 0.647. The smallest absolute Gasteiger partial charge is 0.165 e. The lowest BCUT2D eigenvalue weighted by atomic mass is 9.49. The van der Waals surface area contributed by atoms with Crippen LogP contribution in [0, 0.1) is 0 Å². The van der Waals surface area contributed by atoms with Crippen molar-refractivity contribution in [2.45, 2.75) is 55.0 Å². The largest absolute Gasteiger partial charge is 0.504 e. The third-order valence-corrected chi connectivity index (χ3v) is 6.66. The van der Waals surface area contributed by atoms with E-state index in [1.54, 1.807) is 6.07 Å². The molecule has 5 atom stereocenters. The Morgan fingerprint density at radius 2 is 2.18 bits per heavy atom. The molecule has 2 aliphatic heterocycles. The fourth-order valence-electron chi connectivity index (χ4n) is 5.69. The van der Waals surface area contributed by atoms with Crippen molar-refractivity contribution in [3.05, 3.63) is 23.3 Å². The topological polar surface area (TPSA) is 52.9 Å². The Morgan fingerprint density at radius 1 is 1.36 bits per heavy atom. The van der Waals surface area contributed by atoms with Gasteiger partial charge in [0.05, 0.1) is 11.0 Å². The van der Waals surface area contributed by atoms with Crippen LogP contribution in [0.25, 0.3) is 0 Å². The second-order valence-electron chi connectivity index (χ2n) is 7.39. The van der Waals surface area contributed by atoms with E-state index < -0.39 is 23.3 Å². The predicted octanol–water partition coefficient (Wildman–Crippen LogP) is 1.51. The predicted molar refractivity (Wildman–Crippen MR) is 78.0 cm³/mol. The lowest BCUT2D eigenvalue weighted by Crippen LogP contribution is -2.76. The molecule has 1 saturated carbocycles. The lowest BCUT2D eigenvalue weighted by molar-refractivity contribution is -0.195. The number of ether oxygens (including phenoxy) is 1. The van der Waals surface area contributed by atoms with Crippen molar-refractivity contribution < 1.29 is 19.3 Å². The van der Waals surface area contributed by atoms with Gasteiger partial charge in [-0.2, -0.15) is 0 Å². The van der Waals surface area contributed by atoms with E-state index in [0.29, 0.717) is 25.0 Å². The van der Waals surface area contributed by atoms with Crippen LogP contribution in [0.1, 0.15) is 30.4 Å². The molecular weight excluding hydrogens is 285 g/mol. The van der Waals surface area contributed by atoms with Gasteiger partial charge < -0.3 is 19.8 Å². The average Bonchev–Trinajstić information content (AvgIpc) is 2.85. The summed E-state index contributed by atoms with van der Waals surface area (Å²) in [6.45, 7) is 0.814. The van der Waals surface area contributed by atoms with Crippen molar-refractivity contribution in [1.82, 2.24) is 4.90 Å². The van der Waals surface area contributed by atoms with Gasteiger partial charge in [0.15, 0.2) is 11.5 Å². The Labute approximate surface area is 128 Å². The molecule has 118 valence electrons. The van der Waals surface area contributed by atoms with Crippen molar-refractivity contribution in [1.29, 1.82) is 0 Å². The van der Waals surface area contributed by atoms with E-state index in [2.05, 4.69) is 4.90 Å². The molecular formula is C17H20FNO3. The second kappa shape index (κ2) is 3.77. The quantitative estimate of drug-likeness (QED) is 0.763. The molecule has 2 bridgehead atoms. The minimum Gasteiger partial charge on any atom is -0.504 e. The van der Waals surface area contributed by atoms with E-state index in [9.17, 15) is 14.6 Å². The number of phenolic OH excluding ortho intramolecular Hbond substituents is 1. The number of halogens is 1. The standard InChI is InChI=1S/C17H20FNO3/c1-19-7-6-16-13-9-2-3-11(20)14(13)22-15(16)10(18)4-5-17(16,21)12(19)8-9/h2-3,10,12,15,20-21H,4-8H2,1H3/t10-,12-,15+,16+,17-/m1/s1. The number of aliphatic hydroxyl groups is 1. The first-order chi connectivity index (χ1) is 10.5. The van der Waals surface area contributed by atoms with Gasteiger partial charge in [-0.3, -0.25) is 0 Å². The third-order valence-electron chi connectivity index (χ3n) is 6.66. The first-order valence-corrected chi connectivity index (χ1v) is 8.08. The Kier molecular flexibility index (Phi) is 2.25. The molecule has 0 amide bonds. The van der Waals surface area contributed by atoms with Crippen molar-refractivity contribution in [3.8, 4) is 11.5 Å².